The van der Waals surface area contributed by atoms with Gasteiger partial charge < -0.3 is 31.1 Å². The van der Waals surface area contributed by atoms with E-state index in [1.807, 2.05) is 30.3 Å². The molecule has 5 N–H and O–H groups in total. The summed E-state index contributed by atoms with van der Waals surface area (Å²) < 4.78 is 0. The van der Waals surface area contributed by atoms with Gasteiger partial charge in [0.2, 0.25) is 17.7 Å². The predicted molar refractivity (Wildman–Crippen MR) is 170 cm³/mol. The molecule has 1 fully saturated rings. The van der Waals surface area contributed by atoms with Crippen molar-refractivity contribution in [1.29, 1.82) is 0 Å². The molecule has 43 heavy (non-hydrogen) atoms. The SMILES string of the molecule is C#CC[C@H](NC(=O)C(CC(=O)N(C)CCNCCC)Cc1ccccc1)C(=O)NC(CC1CCCCC1)[C@@H](O)C(O)C=C. The Morgan fingerprint density at radius 1 is 1.09 bits per heavy atom. The van der Waals surface area contributed by atoms with Gasteiger partial charge in [0, 0.05) is 33.0 Å². The first kappa shape index (κ1) is 36.0. The van der Waals surface area contributed by atoms with Crippen LogP contribution in [0, 0.1) is 24.2 Å². The molecule has 1 aliphatic carbocycles. The Labute approximate surface area is 257 Å². The van der Waals surface area contributed by atoms with E-state index < -0.39 is 42.0 Å². The molecule has 2 rings (SSSR count). The lowest BCUT2D eigenvalue weighted by Crippen LogP contribution is -2.55. The Morgan fingerprint density at radius 3 is 2.42 bits per heavy atom. The summed E-state index contributed by atoms with van der Waals surface area (Å²) in [6.45, 7) is 7.68. The minimum Gasteiger partial charge on any atom is -0.388 e. The van der Waals surface area contributed by atoms with Gasteiger partial charge in [0.1, 0.15) is 12.1 Å². The Hall–Kier alpha value is -3.19. The van der Waals surface area contributed by atoms with E-state index in [-0.39, 0.29) is 18.7 Å². The largest absolute Gasteiger partial charge is 0.388 e. The molecule has 1 aliphatic rings. The van der Waals surface area contributed by atoms with E-state index in [9.17, 15) is 24.6 Å². The Kier molecular flexibility index (Phi) is 16.7. The number of aliphatic hydroxyl groups is 2. The van der Waals surface area contributed by atoms with Gasteiger partial charge >= 0.3 is 0 Å². The fourth-order valence-corrected chi connectivity index (χ4v) is 5.54. The summed E-state index contributed by atoms with van der Waals surface area (Å²) in [5.74, 6) is 0.907. The van der Waals surface area contributed by atoms with E-state index in [0.29, 0.717) is 31.8 Å². The number of nitrogens with zero attached hydrogens (tertiary/aromatic N) is 1. The van der Waals surface area contributed by atoms with Gasteiger partial charge in [0.15, 0.2) is 0 Å². The summed E-state index contributed by atoms with van der Waals surface area (Å²) in [7, 11) is 1.72. The number of hydrogen-bond acceptors (Lipinski definition) is 6. The van der Waals surface area contributed by atoms with Crippen LogP contribution in [0.25, 0.3) is 0 Å². The smallest absolute Gasteiger partial charge is 0.243 e. The Balaban J connectivity index is 2.17. The second-order valence-electron chi connectivity index (χ2n) is 11.7. The molecule has 9 heteroatoms. The minimum absolute atomic E-state index is 0.0239. The summed E-state index contributed by atoms with van der Waals surface area (Å²) in [5.41, 5.74) is 0.898. The van der Waals surface area contributed by atoms with Crippen LogP contribution in [0.2, 0.25) is 0 Å². The molecular weight excluding hydrogens is 544 g/mol. The van der Waals surface area contributed by atoms with E-state index >= 15 is 0 Å². The lowest BCUT2D eigenvalue weighted by Gasteiger charge is -2.32. The van der Waals surface area contributed by atoms with Crippen molar-refractivity contribution in [3.63, 3.8) is 0 Å². The maximum Gasteiger partial charge on any atom is 0.243 e. The van der Waals surface area contributed by atoms with Gasteiger partial charge in [-0.3, -0.25) is 14.4 Å². The summed E-state index contributed by atoms with van der Waals surface area (Å²) in [6.07, 6.45) is 11.4. The Morgan fingerprint density at radius 2 is 1.79 bits per heavy atom. The zero-order valence-electron chi connectivity index (χ0n) is 26.0. The average Bonchev–Trinajstić information content (AvgIpc) is 3.02. The number of likely N-dealkylation sites (N-methyl/N-ethyl adjacent to an activating group) is 1. The van der Waals surface area contributed by atoms with Gasteiger partial charge in [-0.2, -0.15) is 0 Å². The molecule has 0 aromatic heterocycles. The third-order valence-corrected chi connectivity index (χ3v) is 8.19. The van der Waals surface area contributed by atoms with E-state index in [1.54, 1.807) is 11.9 Å². The van der Waals surface area contributed by atoms with Crippen molar-refractivity contribution in [1.82, 2.24) is 20.9 Å². The fourth-order valence-electron chi connectivity index (χ4n) is 5.54. The van der Waals surface area contributed by atoms with Crippen LogP contribution in [0.15, 0.2) is 43.0 Å². The number of carbonyl (C=O) groups is 3. The molecule has 5 atom stereocenters. The first-order valence-corrected chi connectivity index (χ1v) is 15.7. The van der Waals surface area contributed by atoms with Gasteiger partial charge in [0.05, 0.1) is 18.1 Å². The molecule has 238 valence electrons. The van der Waals surface area contributed by atoms with Crippen molar-refractivity contribution in [2.45, 2.75) is 95.4 Å². The summed E-state index contributed by atoms with van der Waals surface area (Å²) in [6, 6.07) is 7.63. The quantitative estimate of drug-likeness (QED) is 0.0948. The highest BCUT2D eigenvalue weighted by Gasteiger charge is 2.33. The number of carbonyl (C=O) groups excluding carboxylic acids is 3. The molecule has 3 amide bonds. The first-order valence-electron chi connectivity index (χ1n) is 15.7. The van der Waals surface area contributed by atoms with Crippen molar-refractivity contribution in [3.8, 4) is 12.3 Å². The molecule has 3 unspecified atom stereocenters. The number of benzene rings is 1. The van der Waals surface area contributed by atoms with Gasteiger partial charge in [-0.15, -0.1) is 18.9 Å². The van der Waals surface area contributed by atoms with Gasteiger partial charge in [-0.05, 0) is 37.3 Å². The lowest BCUT2D eigenvalue weighted by molar-refractivity contribution is -0.136. The molecule has 1 aromatic rings. The van der Waals surface area contributed by atoms with E-state index in [0.717, 1.165) is 44.2 Å². The highest BCUT2D eigenvalue weighted by molar-refractivity contribution is 5.91. The molecule has 1 aromatic carbocycles. The molecule has 0 spiro atoms. The van der Waals surface area contributed by atoms with Crippen molar-refractivity contribution in [2.24, 2.45) is 11.8 Å². The zero-order chi connectivity index (χ0) is 31.6. The summed E-state index contributed by atoms with van der Waals surface area (Å²) >= 11 is 0. The monoisotopic (exact) mass is 596 g/mol. The molecular formula is C34H52N4O5. The first-order chi connectivity index (χ1) is 20.7. The molecule has 0 heterocycles. The van der Waals surface area contributed by atoms with Crippen LogP contribution >= 0.6 is 0 Å². The number of aliphatic hydroxyl groups excluding tert-OH is 2. The summed E-state index contributed by atoms with van der Waals surface area (Å²) in [5, 5.41) is 30.1. The number of nitrogens with one attached hydrogen (secondary N) is 3. The average molecular weight is 597 g/mol. The lowest BCUT2D eigenvalue weighted by atomic mass is 9.83. The van der Waals surface area contributed by atoms with Crippen LogP contribution in [0.1, 0.15) is 70.3 Å². The van der Waals surface area contributed by atoms with E-state index in [4.69, 9.17) is 6.42 Å². The van der Waals surface area contributed by atoms with Crippen molar-refractivity contribution in [2.75, 3.05) is 26.7 Å². The predicted octanol–water partition coefficient (Wildman–Crippen LogP) is 2.56. The third-order valence-electron chi connectivity index (χ3n) is 8.19. The van der Waals surface area contributed by atoms with Crippen LogP contribution in [0.3, 0.4) is 0 Å². The third kappa shape index (κ3) is 12.9. The van der Waals surface area contributed by atoms with Crippen LogP contribution in [-0.4, -0.2) is 83.8 Å². The minimum atomic E-state index is -1.25. The number of amides is 3. The highest BCUT2D eigenvalue weighted by atomic mass is 16.3. The van der Waals surface area contributed by atoms with Gasteiger partial charge in [-0.25, -0.2) is 0 Å². The fraction of sp³-hybridized carbons (Fsp3) is 0.618. The number of hydrogen-bond donors (Lipinski definition) is 5. The van der Waals surface area contributed by atoms with Crippen LogP contribution in [0.5, 0.6) is 0 Å². The van der Waals surface area contributed by atoms with E-state index in [2.05, 4.69) is 35.4 Å². The maximum atomic E-state index is 13.6. The van der Waals surface area contributed by atoms with Gasteiger partial charge in [-0.1, -0.05) is 75.4 Å². The topological polar surface area (TPSA) is 131 Å². The van der Waals surface area contributed by atoms with Crippen molar-refractivity contribution >= 4 is 17.7 Å². The normalized spacial score (nSPS) is 17.0. The van der Waals surface area contributed by atoms with Crippen LogP contribution in [0.4, 0.5) is 0 Å². The van der Waals surface area contributed by atoms with Gasteiger partial charge in [0.25, 0.3) is 0 Å². The summed E-state index contributed by atoms with van der Waals surface area (Å²) in [4.78, 5) is 41.9. The second kappa shape index (κ2) is 19.9. The van der Waals surface area contributed by atoms with Crippen LogP contribution in [-0.2, 0) is 20.8 Å². The number of terminal acetylenes is 1. The molecule has 0 radical (unpaired) electrons. The number of rotatable bonds is 19. The molecule has 0 aliphatic heterocycles. The van der Waals surface area contributed by atoms with Crippen molar-refractivity contribution in [3.05, 3.63) is 48.6 Å². The van der Waals surface area contributed by atoms with Crippen molar-refractivity contribution < 1.29 is 24.6 Å². The standard InChI is InChI=1S/C34H52N4O5/c1-5-14-28(34(43)37-29(32(41)30(39)7-3)23-26-17-12-9-13-18-26)36-33(42)27(22-25-15-10-8-11-16-25)24-31(40)38(4)21-20-35-19-6-2/h1,7-8,10-11,15-16,26-30,32,35,39,41H,3,6,9,12-14,17-24H2,2,4H3,(H,36,42)(H,37,43)/t27?,28-,29?,30?,32+/m0/s1. The van der Waals surface area contributed by atoms with E-state index in [1.165, 1.54) is 12.5 Å². The molecule has 1 saturated carbocycles. The van der Waals surface area contributed by atoms with Crippen LogP contribution < -0.4 is 16.0 Å². The second-order valence-corrected chi connectivity index (χ2v) is 11.7. The zero-order valence-corrected chi connectivity index (χ0v) is 26.0. The highest BCUT2D eigenvalue weighted by Crippen LogP contribution is 2.28. The maximum absolute atomic E-state index is 13.6. The molecule has 9 nitrogen and oxygen atoms in total. The molecule has 0 saturated heterocycles. The Bertz CT molecular complexity index is 1040. The molecule has 0 bridgehead atoms.